The summed E-state index contributed by atoms with van der Waals surface area (Å²) in [6.45, 7) is 2.10. The van der Waals surface area contributed by atoms with Crippen molar-refractivity contribution in [2.24, 2.45) is 23.7 Å². The lowest BCUT2D eigenvalue weighted by Gasteiger charge is -2.28. The van der Waals surface area contributed by atoms with E-state index < -0.39 is 11.9 Å². The summed E-state index contributed by atoms with van der Waals surface area (Å²) in [5.74, 6) is -0.703. The predicted molar refractivity (Wildman–Crippen MR) is 99.9 cm³/mol. The van der Waals surface area contributed by atoms with Crippen LogP contribution in [0.15, 0.2) is 57.8 Å². The average molecular weight is 362 g/mol. The van der Waals surface area contributed by atoms with Crippen LogP contribution < -0.4 is 5.43 Å². The Morgan fingerprint density at radius 1 is 1.07 bits per heavy atom. The first kappa shape index (κ1) is 16.1. The summed E-state index contributed by atoms with van der Waals surface area (Å²) in [7, 11) is 0. The minimum absolute atomic E-state index is 0.00404. The molecule has 1 aromatic rings. The highest BCUT2D eigenvalue weighted by molar-refractivity contribution is 5.91. The fraction of sp³-hybridized carbons (Fsp3) is 0.273. The molecule has 3 aliphatic carbocycles. The lowest BCUT2D eigenvalue weighted by molar-refractivity contribution is -0.143. The van der Waals surface area contributed by atoms with Gasteiger partial charge in [-0.15, -0.1) is 0 Å². The fourth-order valence-corrected chi connectivity index (χ4v) is 5.18. The second-order valence-electron chi connectivity index (χ2n) is 7.64. The van der Waals surface area contributed by atoms with E-state index in [2.05, 4.69) is 13.0 Å². The van der Waals surface area contributed by atoms with Crippen LogP contribution in [0.5, 0.6) is 5.75 Å². The number of carboxylic acid groups (broad SMARTS) is 1. The maximum absolute atomic E-state index is 12.2. The monoisotopic (exact) mass is 362 g/mol. The van der Waals surface area contributed by atoms with Gasteiger partial charge in [-0.1, -0.05) is 19.1 Å². The molecule has 0 spiro atoms. The molecule has 1 fully saturated rings. The summed E-state index contributed by atoms with van der Waals surface area (Å²) < 4.78 is 5.89. The number of hydrogen-bond donors (Lipinski definition) is 2. The van der Waals surface area contributed by atoms with Gasteiger partial charge in [0.25, 0.3) is 0 Å². The van der Waals surface area contributed by atoms with Crippen LogP contribution in [0, 0.1) is 23.7 Å². The molecule has 2 bridgehead atoms. The Labute approximate surface area is 154 Å². The average Bonchev–Trinajstić information content (AvgIpc) is 3.12. The van der Waals surface area contributed by atoms with Gasteiger partial charge >= 0.3 is 5.97 Å². The molecule has 0 amide bonds. The maximum Gasteiger partial charge on any atom is 0.307 e. The Bertz CT molecular complexity index is 1140. The molecule has 1 saturated carbocycles. The fourth-order valence-electron chi connectivity index (χ4n) is 5.18. The highest BCUT2D eigenvalue weighted by Gasteiger charge is 2.54. The minimum Gasteiger partial charge on any atom is -0.508 e. The van der Waals surface area contributed by atoms with Crippen molar-refractivity contribution >= 4 is 16.9 Å². The summed E-state index contributed by atoms with van der Waals surface area (Å²) in [4.78, 5) is 24.0. The largest absolute Gasteiger partial charge is 0.508 e. The van der Waals surface area contributed by atoms with E-state index in [9.17, 15) is 19.8 Å². The zero-order valence-electron chi connectivity index (χ0n) is 14.6. The van der Waals surface area contributed by atoms with E-state index in [1.54, 1.807) is 18.2 Å². The number of benzene rings is 2. The summed E-state index contributed by atoms with van der Waals surface area (Å²) in [6, 6.07) is 9.49. The number of carboxylic acids is 1. The highest BCUT2D eigenvalue weighted by Crippen LogP contribution is 2.59. The van der Waals surface area contributed by atoms with E-state index in [4.69, 9.17) is 4.42 Å². The van der Waals surface area contributed by atoms with Crippen molar-refractivity contribution in [1.29, 1.82) is 0 Å². The third kappa shape index (κ3) is 2.17. The molecule has 1 aliphatic heterocycles. The van der Waals surface area contributed by atoms with Gasteiger partial charge in [-0.25, -0.2) is 0 Å². The Kier molecular flexibility index (Phi) is 3.26. The standard InChI is InChI=1S/C22H18O5/c1-10-13-6-7-14(10)21(22(25)26)20(13)19-15-4-2-11(23)8-17(15)27-18-9-12(24)3-5-16(18)19/h2-10,13-14,20-21,23H,1H3,(H,25,26)/t10-,13-,14+,20+,21+/m1/s1. The zero-order valence-corrected chi connectivity index (χ0v) is 14.6. The molecule has 5 rings (SSSR count). The molecule has 5 nitrogen and oxygen atoms in total. The van der Waals surface area contributed by atoms with Gasteiger partial charge in [0.05, 0.1) is 5.92 Å². The molecule has 4 aliphatic rings. The number of fused-ring (bicyclic) bond motifs is 4. The van der Waals surface area contributed by atoms with E-state index in [0.29, 0.717) is 11.3 Å². The third-order valence-electron chi connectivity index (χ3n) is 6.32. The summed E-state index contributed by atoms with van der Waals surface area (Å²) >= 11 is 0. The molecular weight excluding hydrogens is 344 g/mol. The third-order valence-corrected chi connectivity index (χ3v) is 6.32. The number of aromatic hydroxyl groups is 1. The van der Waals surface area contributed by atoms with Gasteiger partial charge in [0.2, 0.25) is 0 Å². The molecule has 2 N–H and O–H groups in total. The topological polar surface area (TPSA) is 87.7 Å². The number of allylic oxidation sites excluding steroid dienone is 2. The van der Waals surface area contributed by atoms with Crippen LogP contribution in [0.1, 0.15) is 18.4 Å². The van der Waals surface area contributed by atoms with E-state index in [0.717, 1.165) is 16.5 Å². The minimum atomic E-state index is -0.801. The van der Waals surface area contributed by atoms with Crippen LogP contribution in [0.3, 0.4) is 0 Å². The zero-order chi connectivity index (χ0) is 18.9. The van der Waals surface area contributed by atoms with Crippen molar-refractivity contribution in [3.8, 4) is 17.1 Å². The first-order valence-electron chi connectivity index (χ1n) is 9.06. The van der Waals surface area contributed by atoms with Gasteiger partial charge in [0.1, 0.15) is 17.1 Å². The van der Waals surface area contributed by atoms with Crippen molar-refractivity contribution in [2.45, 2.75) is 12.8 Å². The van der Waals surface area contributed by atoms with Crippen LogP contribution in [0.2, 0.25) is 0 Å². The van der Waals surface area contributed by atoms with Crippen molar-refractivity contribution in [3.05, 3.63) is 64.3 Å². The van der Waals surface area contributed by atoms with E-state index in [1.165, 1.54) is 18.2 Å². The van der Waals surface area contributed by atoms with Crippen LogP contribution >= 0.6 is 0 Å². The van der Waals surface area contributed by atoms with Gasteiger partial charge in [-0.05, 0) is 47.6 Å². The quantitative estimate of drug-likeness (QED) is 0.534. The van der Waals surface area contributed by atoms with Crippen LogP contribution in [0.25, 0.3) is 22.3 Å². The van der Waals surface area contributed by atoms with Crippen molar-refractivity contribution < 1.29 is 19.4 Å². The molecule has 1 heterocycles. The predicted octanol–water partition coefficient (Wildman–Crippen LogP) is 3.84. The number of phenolic OH excluding ortho intramolecular Hbond substituents is 1. The van der Waals surface area contributed by atoms with Crippen LogP contribution in [-0.4, -0.2) is 16.2 Å². The molecule has 0 radical (unpaired) electrons. The summed E-state index contributed by atoms with van der Waals surface area (Å²) in [5.41, 5.74) is 1.93. The van der Waals surface area contributed by atoms with Gasteiger partial charge in [0, 0.05) is 29.0 Å². The van der Waals surface area contributed by atoms with Gasteiger partial charge in [0.15, 0.2) is 5.43 Å². The molecule has 0 unspecified atom stereocenters. The number of rotatable bonds is 2. The SMILES string of the molecule is C[C@@H]1[C@H]2C=C[C@@H]1[C@H](C(=O)O)[C@@H]2c1c2ccc(=O)cc-2oc2cc(O)ccc12. The van der Waals surface area contributed by atoms with Crippen molar-refractivity contribution in [2.75, 3.05) is 0 Å². The molecular formula is C22H18O5. The molecule has 5 atom stereocenters. The van der Waals surface area contributed by atoms with E-state index >= 15 is 0 Å². The second-order valence-corrected chi connectivity index (χ2v) is 7.64. The number of carbonyl (C=O) groups is 1. The number of phenols is 1. The molecule has 1 aromatic carbocycles. The smallest absolute Gasteiger partial charge is 0.307 e. The number of aliphatic carboxylic acids is 1. The highest BCUT2D eigenvalue weighted by atomic mass is 16.4. The first-order chi connectivity index (χ1) is 13.0. The Balaban J connectivity index is 1.87. The first-order valence-corrected chi connectivity index (χ1v) is 9.06. The molecule has 136 valence electrons. The Hall–Kier alpha value is -3.08. The van der Waals surface area contributed by atoms with Crippen LogP contribution in [-0.2, 0) is 4.79 Å². The molecule has 0 saturated heterocycles. The van der Waals surface area contributed by atoms with Gasteiger partial charge in [-0.3, -0.25) is 9.59 Å². The normalized spacial score (nSPS) is 29.0. The van der Waals surface area contributed by atoms with E-state index in [-0.39, 0.29) is 34.8 Å². The second kappa shape index (κ2) is 5.46. The molecule has 27 heavy (non-hydrogen) atoms. The lowest BCUT2D eigenvalue weighted by Crippen LogP contribution is -2.26. The number of hydrogen-bond acceptors (Lipinski definition) is 4. The maximum atomic E-state index is 12.2. The Morgan fingerprint density at radius 3 is 2.63 bits per heavy atom. The van der Waals surface area contributed by atoms with Gasteiger partial charge < -0.3 is 14.6 Å². The van der Waals surface area contributed by atoms with Gasteiger partial charge in [-0.2, -0.15) is 0 Å². The lowest BCUT2D eigenvalue weighted by atomic mass is 9.75. The summed E-state index contributed by atoms with van der Waals surface area (Å²) in [6.07, 6.45) is 4.16. The molecule has 5 heteroatoms. The molecule has 0 aromatic heterocycles. The van der Waals surface area contributed by atoms with Crippen molar-refractivity contribution in [3.63, 3.8) is 0 Å². The van der Waals surface area contributed by atoms with Crippen LogP contribution in [0.4, 0.5) is 0 Å². The summed E-state index contributed by atoms with van der Waals surface area (Å²) in [5, 5.41) is 20.6. The van der Waals surface area contributed by atoms with E-state index in [1.807, 2.05) is 6.08 Å². The Morgan fingerprint density at radius 2 is 1.85 bits per heavy atom. The van der Waals surface area contributed by atoms with Crippen molar-refractivity contribution in [1.82, 2.24) is 0 Å².